The molecule has 0 aliphatic rings. The topological polar surface area (TPSA) is 61.4 Å². The number of carbonyl (C=O) groups is 1. The number of aryl methyl sites for hydroxylation is 1. The maximum Gasteiger partial charge on any atom is 0.335 e. The third kappa shape index (κ3) is 3.55. The number of para-hydroxylation sites is 1. The van der Waals surface area contributed by atoms with Gasteiger partial charge in [0.25, 0.3) is 0 Å². The zero-order valence-corrected chi connectivity index (χ0v) is 11.7. The van der Waals surface area contributed by atoms with Crippen LogP contribution in [0.5, 0.6) is 0 Å². The quantitative estimate of drug-likeness (QED) is 0.754. The summed E-state index contributed by atoms with van der Waals surface area (Å²) in [6, 6.07) is 14.3. The molecule has 0 heterocycles. The lowest BCUT2D eigenvalue weighted by molar-refractivity contribution is 0.0697. The molecule has 5 heteroatoms. The molecule has 0 aromatic heterocycles. The second-order valence-corrected chi connectivity index (χ2v) is 4.69. The Hall–Kier alpha value is -2.40. The first-order valence-corrected chi connectivity index (χ1v) is 6.44. The van der Waals surface area contributed by atoms with Gasteiger partial charge in [-0.15, -0.1) is 0 Å². The molecule has 0 aliphatic carbocycles. The fourth-order valence-electron chi connectivity index (χ4n) is 1.73. The predicted molar refractivity (Wildman–Crippen MR) is 84.4 cm³/mol. The number of hydrogen-bond acceptors (Lipinski definition) is 2. The molecule has 0 spiro atoms. The fraction of sp³-hybridized carbons (Fsp3) is 0.0667. The molecule has 2 rings (SSSR count). The molecule has 0 bridgehead atoms. The van der Waals surface area contributed by atoms with Crippen molar-refractivity contribution in [3.8, 4) is 0 Å². The van der Waals surface area contributed by atoms with E-state index in [1.807, 2.05) is 31.2 Å². The van der Waals surface area contributed by atoms with Crippen molar-refractivity contribution < 1.29 is 9.90 Å². The van der Waals surface area contributed by atoms with E-state index in [0.29, 0.717) is 10.8 Å². The van der Waals surface area contributed by atoms with E-state index < -0.39 is 5.97 Å². The molecular formula is C15H14N2O2S. The van der Waals surface area contributed by atoms with E-state index in [-0.39, 0.29) is 5.56 Å². The minimum Gasteiger partial charge on any atom is -0.478 e. The van der Waals surface area contributed by atoms with E-state index in [1.54, 1.807) is 12.1 Å². The number of aromatic carboxylic acids is 1. The van der Waals surface area contributed by atoms with Gasteiger partial charge in [-0.1, -0.05) is 24.3 Å². The molecule has 0 fully saturated rings. The average Bonchev–Trinajstić information content (AvgIpc) is 2.41. The average molecular weight is 286 g/mol. The standard InChI is InChI=1S/C15H14N2O2S/c1-10-5-2-3-8-13(10)17-15(20)16-12-7-4-6-11(9-12)14(18)19/h2-9H,1H3,(H,18,19)(H2,16,17,20). The Morgan fingerprint density at radius 2 is 1.85 bits per heavy atom. The number of thiocarbonyl (C=S) groups is 1. The third-order valence-corrected chi connectivity index (χ3v) is 2.96. The smallest absolute Gasteiger partial charge is 0.335 e. The lowest BCUT2D eigenvalue weighted by atomic mass is 10.2. The highest BCUT2D eigenvalue weighted by atomic mass is 32.1. The van der Waals surface area contributed by atoms with Gasteiger partial charge in [0.2, 0.25) is 0 Å². The maximum atomic E-state index is 10.9. The van der Waals surface area contributed by atoms with Crippen LogP contribution in [0.4, 0.5) is 11.4 Å². The first kappa shape index (κ1) is 14.0. The van der Waals surface area contributed by atoms with E-state index in [4.69, 9.17) is 17.3 Å². The zero-order valence-electron chi connectivity index (χ0n) is 10.9. The van der Waals surface area contributed by atoms with Crippen LogP contribution >= 0.6 is 12.2 Å². The van der Waals surface area contributed by atoms with Gasteiger partial charge < -0.3 is 15.7 Å². The van der Waals surface area contributed by atoms with Crippen molar-refractivity contribution in [1.82, 2.24) is 0 Å². The number of hydrogen-bond donors (Lipinski definition) is 3. The van der Waals surface area contributed by atoms with Crippen LogP contribution in [0.25, 0.3) is 0 Å². The van der Waals surface area contributed by atoms with Crippen molar-refractivity contribution in [2.75, 3.05) is 10.6 Å². The third-order valence-electron chi connectivity index (χ3n) is 2.76. The van der Waals surface area contributed by atoms with E-state index in [9.17, 15) is 4.79 Å². The van der Waals surface area contributed by atoms with Gasteiger partial charge in [-0.25, -0.2) is 4.79 Å². The highest BCUT2D eigenvalue weighted by molar-refractivity contribution is 7.80. The highest BCUT2D eigenvalue weighted by Crippen LogP contribution is 2.15. The molecule has 0 unspecified atom stereocenters. The van der Waals surface area contributed by atoms with Crippen molar-refractivity contribution in [3.05, 3.63) is 59.7 Å². The van der Waals surface area contributed by atoms with Gasteiger partial charge >= 0.3 is 5.97 Å². The van der Waals surface area contributed by atoms with Crippen molar-refractivity contribution >= 4 is 34.7 Å². The van der Waals surface area contributed by atoms with Crippen LogP contribution in [0, 0.1) is 6.92 Å². The summed E-state index contributed by atoms with van der Waals surface area (Å²) >= 11 is 5.22. The number of anilines is 2. The van der Waals surface area contributed by atoms with Gasteiger partial charge in [-0.05, 0) is 49.0 Å². The molecule has 2 aromatic carbocycles. The molecular weight excluding hydrogens is 272 g/mol. The molecule has 0 saturated heterocycles. The largest absolute Gasteiger partial charge is 0.478 e. The van der Waals surface area contributed by atoms with Gasteiger partial charge in [0, 0.05) is 11.4 Å². The maximum absolute atomic E-state index is 10.9. The fourth-order valence-corrected chi connectivity index (χ4v) is 1.96. The van der Waals surface area contributed by atoms with Crippen LogP contribution in [0.2, 0.25) is 0 Å². The zero-order chi connectivity index (χ0) is 14.5. The highest BCUT2D eigenvalue weighted by Gasteiger charge is 2.05. The van der Waals surface area contributed by atoms with Gasteiger partial charge in [-0.3, -0.25) is 0 Å². The summed E-state index contributed by atoms with van der Waals surface area (Å²) in [6.07, 6.45) is 0. The molecule has 0 atom stereocenters. The monoisotopic (exact) mass is 286 g/mol. The van der Waals surface area contributed by atoms with Gasteiger partial charge in [0.15, 0.2) is 5.11 Å². The van der Waals surface area contributed by atoms with Gasteiger partial charge in [0.1, 0.15) is 0 Å². The van der Waals surface area contributed by atoms with Crippen molar-refractivity contribution in [1.29, 1.82) is 0 Å². The molecule has 2 aromatic rings. The Kier molecular flexibility index (Phi) is 4.32. The van der Waals surface area contributed by atoms with Crippen LogP contribution in [0.15, 0.2) is 48.5 Å². The second-order valence-electron chi connectivity index (χ2n) is 4.28. The number of rotatable bonds is 3. The van der Waals surface area contributed by atoms with Crippen LogP contribution in [-0.2, 0) is 0 Å². The summed E-state index contributed by atoms with van der Waals surface area (Å²) < 4.78 is 0. The van der Waals surface area contributed by atoms with Crippen molar-refractivity contribution in [2.24, 2.45) is 0 Å². The Morgan fingerprint density at radius 1 is 1.10 bits per heavy atom. The minimum atomic E-state index is -0.966. The molecule has 0 radical (unpaired) electrons. The van der Waals surface area contributed by atoms with E-state index in [2.05, 4.69) is 10.6 Å². The molecule has 0 saturated carbocycles. The van der Waals surface area contributed by atoms with Crippen LogP contribution in [0.1, 0.15) is 15.9 Å². The number of benzene rings is 2. The van der Waals surface area contributed by atoms with Crippen molar-refractivity contribution in [2.45, 2.75) is 6.92 Å². The summed E-state index contributed by atoms with van der Waals surface area (Å²) in [4.78, 5) is 10.9. The second kappa shape index (κ2) is 6.16. The Bertz CT molecular complexity index is 656. The first-order valence-electron chi connectivity index (χ1n) is 6.03. The molecule has 3 N–H and O–H groups in total. The first-order chi connectivity index (χ1) is 9.56. The lowest BCUT2D eigenvalue weighted by Gasteiger charge is -2.12. The number of nitrogens with one attached hydrogen (secondary N) is 2. The summed E-state index contributed by atoms with van der Waals surface area (Å²) in [5, 5.41) is 15.4. The van der Waals surface area contributed by atoms with Gasteiger partial charge in [0.05, 0.1) is 5.56 Å². The number of carboxylic acids is 1. The van der Waals surface area contributed by atoms with Crippen molar-refractivity contribution in [3.63, 3.8) is 0 Å². The minimum absolute atomic E-state index is 0.216. The summed E-state index contributed by atoms with van der Waals surface area (Å²) in [7, 11) is 0. The lowest BCUT2D eigenvalue weighted by Crippen LogP contribution is -2.19. The summed E-state index contributed by atoms with van der Waals surface area (Å²) in [6.45, 7) is 1.98. The molecule has 4 nitrogen and oxygen atoms in total. The van der Waals surface area contributed by atoms with Gasteiger partial charge in [-0.2, -0.15) is 0 Å². The predicted octanol–water partition coefficient (Wildman–Crippen LogP) is 3.50. The number of carboxylic acid groups (broad SMARTS) is 1. The van der Waals surface area contributed by atoms with Crippen LogP contribution in [0.3, 0.4) is 0 Å². The van der Waals surface area contributed by atoms with E-state index >= 15 is 0 Å². The molecule has 102 valence electrons. The Morgan fingerprint density at radius 3 is 2.55 bits per heavy atom. The Balaban J connectivity index is 2.07. The molecule has 0 amide bonds. The van der Waals surface area contributed by atoms with E-state index in [0.717, 1.165) is 11.3 Å². The Labute approximate surface area is 122 Å². The molecule has 0 aliphatic heterocycles. The van der Waals surface area contributed by atoms with Crippen LogP contribution < -0.4 is 10.6 Å². The summed E-state index contributed by atoms with van der Waals surface area (Å²) in [5.41, 5.74) is 2.85. The molecule has 20 heavy (non-hydrogen) atoms. The SMILES string of the molecule is Cc1ccccc1NC(=S)Nc1cccc(C(=O)O)c1. The summed E-state index contributed by atoms with van der Waals surface area (Å²) in [5.74, 6) is -0.966. The van der Waals surface area contributed by atoms with E-state index in [1.165, 1.54) is 12.1 Å². The van der Waals surface area contributed by atoms with Crippen LogP contribution in [-0.4, -0.2) is 16.2 Å². The normalized spacial score (nSPS) is 9.85.